The topological polar surface area (TPSA) is 41.6 Å². The van der Waals surface area contributed by atoms with Crippen LogP contribution in [0.2, 0.25) is 0 Å². The minimum absolute atomic E-state index is 0.131. The fraction of sp³-hybridized carbons (Fsp3) is 0.240. The molecule has 0 amide bonds. The van der Waals surface area contributed by atoms with E-state index in [1.165, 1.54) is 0 Å². The number of hydrogen-bond donors (Lipinski definition) is 1. The zero-order valence-electron chi connectivity index (χ0n) is 16.7. The van der Waals surface area contributed by atoms with E-state index in [9.17, 15) is 4.79 Å². The second-order valence-corrected chi connectivity index (χ2v) is 7.29. The summed E-state index contributed by atoms with van der Waals surface area (Å²) < 4.78 is 5.53. The van der Waals surface area contributed by atoms with Crippen molar-refractivity contribution in [3.63, 3.8) is 0 Å². The van der Waals surface area contributed by atoms with Crippen LogP contribution in [-0.4, -0.2) is 39.1 Å². The Morgan fingerprint density at radius 2 is 1.76 bits per heavy atom. The van der Waals surface area contributed by atoms with Gasteiger partial charge in [-0.05, 0) is 35.4 Å². The lowest BCUT2D eigenvalue weighted by molar-refractivity contribution is 0.0993. The maximum atomic E-state index is 13.0. The number of carbonyl (C=O) groups excluding carboxylic acids is 1. The number of nitrogens with one attached hydrogen (secondary N) is 1. The van der Waals surface area contributed by atoms with Crippen LogP contribution in [0.15, 0.2) is 72.8 Å². The Labute approximate surface area is 172 Å². The molecule has 1 N–H and O–H groups in total. The standard InChI is InChI=1S/C25H26N2O2/c1-29-25-11-10-19(16-23(25)20-6-3-2-4-7-20)17-24(28)21-8-5-9-22(18-21)27-14-12-26-13-15-27/h2-11,16,18,26H,12-15,17H2,1H3. The van der Waals surface area contributed by atoms with E-state index in [1.54, 1.807) is 7.11 Å². The minimum Gasteiger partial charge on any atom is -0.496 e. The van der Waals surface area contributed by atoms with Crippen LogP contribution in [0.1, 0.15) is 15.9 Å². The molecule has 1 fully saturated rings. The molecule has 0 aromatic heterocycles. The number of Topliss-reactive ketones (excluding diaryl/α,β-unsaturated/α-hetero) is 1. The van der Waals surface area contributed by atoms with E-state index in [-0.39, 0.29) is 5.78 Å². The highest BCUT2D eigenvalue weighted by Gasteiger charge is 2.14. The number of carbonyl (C=O) groups is 1. The van der Waals surface area contributed by atoms with Crippen LogP contribution in [0.4, 0.5) is 5.69 Å². The summed E-state index contributed by atoms with van der Waals surface area (Å²) in [5.74, 6) is 0.944. The monoisotopic (exact) mass is 386 g/mol. The van der Waals surface area contributed by atoms with Crippen molar-refractivity contribution in [2.45, 2.75) is 6.42 Å². The summed E-state index contributed by atoms with van der Waals surface area (Å²) in [5.41, 5.74) is 4.96. The van der Waals surface area contributed by atoms with Gasteiger partial charge in [0.1, 0.15) is 5.75 Å². The molecule has 4 rings (SSSR count). The van der Waals surface area contributed by atoms with E-state index in [2.05, 4.69) is 34.5 Å². The molecule has 0 radical (unpaired) electrons. The SMILES string of the molecule is COc1ccc(CC(=O)c2cccc(N3CCNCC3)c2)cc1-c1ccccc1. The van der Waals surface area contributed by atoms with Crippen molar-refractivity contribution in [2.75, 3.05) is 38.2 Å². The number of methoxy groups -OCH3 is 1. The van der Waals surface area contributed by atoms with Crippen molar-refractivity contribution >= 4 is 11.5 Å². The van der Waals surface area contributed by atoms with Crippen LogP contribution in [0.5, 0.6) is 5.75 Å². The van der Waals surface area contributed by atoms with Crippen molar-refractivity contribution in [3.05, 3.63) is 83.9 Å². The first-order valence-corrected chi connectivity index (χ1v) is 10.1. The van der Waals surface area contributed by atoms with Gasteiger partial charge in [-0.1, -0.05) is 48.5 Å². The summed E-state index contributed by atoms with van der Waals surface area (Å²) in [7, 11) is 1.67. The maximum Gasteiger partial charge on any atom is 0.167 e. The molecule has 1 aliphatic heterocycles. The number of anilines is 1. The zero-order chi connectivity index (χ0) is 20.1. The molecule has 3 aromatic rings. The number of ether oxygens (including phenoxy) is 1. The van der Waals surface area contributed by atoms with Crippen LogP contribution < -0.4 is 15.0 Å². The van der Waals surface area contributed by atoms with E-state index in [0.717, 1.165) is 59.9 Å². The van der Waals surface area contributed by atoms with E-state index in [0.29, 0.717) is 6.42 Å². The molecular formula is C25H26N2O2. The Bertz CT molecular complexity index is 979. The quantitative estimate of drug-likeness (QED) is 0.645. The number of ketones is 1. The third kappa shape index (κ3) is 4.49. The lowest BCUT2D eigenvalue weighted by Crippen LogP contribution is -2.43. The highest BCUT2D eigenvalue weighted by molar-refractivity contribution is 5.98. The summed E-state index contributed by atoms with van der Waals surface area (Å²) in [6.45, 7) is 3.89. The highest BCUT2D eigenvalue weighted by Crippen LogP contribution is 2.31. The molecule has 1 aliphatic rings. The Kier molecular flexibility index (Phi) is 5.92. The smallest absolute Gasteiger partial charge is 0.167 e. The zero-order valence-corrected chi connectivity index (χ0v) is 16.7. The lowest BCUT2D eigenvalue weighted by Gasteiger charge is -2.29. The molecule has 0 spiro atoms. The van der Waals surface area contributed by atoms with Gasteiger partial charge in [0.25, 0.3) is 0 Å². The minimum atomic E-state index is 0.131. The molecule has 148 valence electrons. The van der Waals surface area contributed by atoms with Gasteiger partial charge in [0.2, 0.25) is 0 Å². The fourth-order valence-corrected chi connectivity index (χ4v) is 3.79. The summed E-state index contributed by atoms with van der Waals surface area (Å²) in [4.78, 5) is 15.3. The summed E-state index contributed by atoms with van der Waals surface area (Å²) in [6, 6.07) is 24.1. The molecule has 0 atom stereocenters. The van der Waals surface area contributed by atoms with Gasteiger partial charge < -0.3 is 15.0 Å². The second-order valence-electron chi connectivity index (χ2n) is 7.29. The molecule has 3 aromatic carbocycles. The van der Waals surface area contributed by atoms with Gasteiger partial charge >= 0.3 is 0 Å². The average molecular weight is 386 g/mol. The van der Waals surface area contributed by atoms with E-state index < -0.39 is 0 Å². The molecule has 4 heteroatoms. The summed E-state index contributed by atoms with van der Waals surface area (Å²) in [5, 5.41) is 3.36. The number of nitrogens with zero attached hydrogens (tertiary/aromatic N) is 1. The Morgan fingerprint density at radius 3 is 2.52 bits per heavy atom. The van der Waals surface area contributed by atoms with Crippen LogP contribution >= 0.6 is 0 Å². The molecule has 0 aliphatic carbocycles. The average Bonchev–Trinajstić information content (AvgIpc) is 2.80. The Morgan fingerprint density at radius 1 is 0.966 bits per heavy atom. The maximum absolute atomic E-state index is 13.0. The highest BCUT2D eigenvalue weighted by atomic mass is 16.5. The molecule has 0 unspecified atom stereocenters. The van der Waals surface area contributed by atoms with Crippen molar-refractivity contribution < 1.29 is 9.53 Å². The summed E-state index contributed by atoms with van der Waals surface area (Å²) in [6.07, 6.45) is 0.370. The molecule has 0 bridgehead atoms. The van der Waals surface area contributed by atoms with Crippen molar-refractivity contribution in [1.82, 2.24) is 5.32 Å². The van der Waals surface area contributed by atoms with E-state index in [4.69, 9.17) is 4.74 Å². The molecule has 0 saturated carbocycles. The molecule has 29 heavy (non-hydrogen) atoms. The van der Waals surface area contributed by atoms with Crippen molar-refractivity contribution in [3.8, 4) is 16.9 Å². The molecule has 1 saturated heterocycles. The molecule has 4 nitrogen and oxygen atoms in total. The summed E-state index contributed by atoms with van der Waals surface area (Å²) >= 11 is 0. The fourth-order valence-electron chi connectivity index (χ4n) is 3.79. The van der Waals surface area contributed by atoms with Gasteiger partial charge in [-0.2, -0.15) is 0 Å². The number of hydrogen-bond acceptors (Lipinski definition) is 4. The van der Waals surface area contributed by atoms with Gasteiger partial charge in [-0.25, -0.2) is 0 Å². The van der Waals surface area contributed by atoms with Crippen LogP contribution in [0.3, 0.4) is 0 Å². The third-order valence-electron chi connectivity index (χ3n) is 5.36. The van der Waals surface area contributed by atoms with Crippen LogP contribution in [0, 0.1) is 0 Å². The van der Waals surface area contributed by atoms with Crippen LogP contribution in [0.25, 0.3) is 11.1 Å². The predicted octanol–water partition coefficient (Wildman–Crippen LogP) is 4.20. The van der Waals surface area contributed by atoms with Crippen molar-refractivity contribution in [2.24, 2.45) is 0 Å². The number of piperazine rings is 1. The van der Waals surface area contributed by atoms with Gasteiger partial charge in [0, 0.05) is 49.4 Å². The van der Waals surface area contributed by atoms with Gasteiger partial charge in [-0.15, -0.1) is 0 Å². The third-order valence-corrected chi connectivity index (χ3v) is 5.36. The van der Waals surface area contributed by atoms with Gasteiger partial charge in [0.05, 0.1) is 7.11 Å². The number of benzene rings is 3. The van der Waals surface area contributed by atoms with Crippen LogP contribution in [-0.2, 0) is 6.42 Å². The second kappa shape index (κ2) is 8.93. The number of rotatable bonds is 6. The normalized spacial score (nSPS) is 13.9. The first-order chi connectivity index (χ1) is 14.2. The Hall–Kier alpha value is -3.11. The first kappa shape index (κ1) is 19.2. The molecule has 1 heterocycles. The Balaban J connectivity index is 1.56. The van der Waals surface area contributed by atoms with Gasteiger partial charge in [0.15, 0.2) is 5.78 Å². The first-order valence-electron chi connectivity index (χ1n) is 10.1. The molecular weight excluding hydrogens is 360 g/mol. The van der Waals surface area contributed by atoms with Crippen molar-refractivity contribution in [1.29, 1.82) is 0 Å². The lowest BCUT2D eigenvalue weighted by atomic mass is 9.97. The predicted molar refractivity (Wildman–Crippen MR) is 118 cm³/mol. The van der Waals surface area contributed by atoms with E-state index in [1.807, 2.05) is 48.5 Å². The largest absolute Gasteiger partial charge is 0.496 e. The van der Waals surface area contributed by atoms with Gasteiger partial charge in [-0.3, -0.25) is 4.79 Å². The van der Waals surface area contributed by atoms with E-state index >= 15 is 0 Å².